The van der Waals surface area contributed by atoms with E-state index in [1.807, 2.05) is 42.5 Å². The van der Waals surface area contributed by atoms with Crippen LogP contribution in [0.15, 0.2) is 72.8 Å². The predicted molar refractivity (Wildman–Crippen MR) is 114 cm³/mol. The molecule has 2 amide bonds. The number of carbonyl (C=O) groups excluding carboxylic acids is 2. The van der Waals surface area contributed by atoms with E-state index in [0.717, 1.165) is 21.9 Å². The van der Waals surface area contributed by atoms with Crippen LogP contribution < -0.4 is 10.6 Å². The monoisotopic (exact) mass is 390 g/mol. The zero-order valence-corrected chi connectivity index (χ0v) is 16.1. The molecule has 0 saturated carbocycles. The van der Waals surface area contributed by atoms with Crippen LogP contribution in [0.4, 0.5) is 10.5 Å². The van der Waals surface area contributed by atoms with Crippen LogP contribution in [0.1, 0.15) is 6.92 Å². The summed E-state index contributed by atoms with van der Waals surface area (Å²) in [5.41, 5.74) is 2.65. The number of ether oxygens (including phenoxy) is 1. The van der Waals surface area contributed by atoms with E-state index in [4.69, 9.17) is 4.74 Å². The number of rotatable bonds is 6. The Morgan fingerprint density at radius 1 is 0.966 bits per heavy atom. The van der Waals surface area contributed by atoms with Crippen LogP contribution in [-0.4, -0.2) is 30.3 Å². The van der Waals surface area contributed by atoms with Crippen LogP contribution in [0, 0.1) is 0 Å². The van der Waals surface area contributed by atoms with E-state index in [1.165, 1.54) is 0 Å². The second-order valence-corrected chi connectivity index (χ2v) is 6.52. The first-order valence-electron chi connectivity index (χ1n) is 9.15. The maximum Gasteiger partial charge on any atom is 0.333 e. The third kappa shape index (κ3) is 4.73. The topological polar surface area (TPSA) is 87.7 Å². The highest BCUT2D eigenvalue weighted by molar-refractivity contribution is 6.04. The predicted octanol–water partition coefficient (Wildman–Crippen LogP) is 4.45. The van der Waals surface area contributed by atoms with Crippen LogP contribution in [0.25, 0.3) is 21.9 Å². The lowest BCUT2D eigenvalue weighted by atomic mass is 9.96. The average Bonchev–Trinajstić information content (AvgIpc) is 2.71. The van der Waals surface area contributed by atoms with Crippen LogP contribution >= 0.6 is 0 Å². The fourth-order valence-corrected chi connectivity index (χ4v) is 2.95. The summed E-state index contributed by atoms with van der Waals surface area (Å²) in [6.45, 7) is 5.30. The number of phenolic OH excluding ortho intramolecular Hbond substituents is 1. The molecule has 0 spiro atoms. The van der Waals surface area contributed by atoms with Gasteiger partial charge >= 0.3 is 12.0 Å². The molecule has 0 fully saturated rings. The summed E-state index contributed by atoms with van der Waals surface area (Å²) in [7, 11) is 0. The van der Waals surface area contributed by atoms with Gasteiger partial charge in [0.05, 0.1) is 12.2 Å². The molecular formula is C23H22N2O4. The molecule has 3 aromatic rings. The van der Waals surface area contributed by atoms with Crippen molar-refractivity contribution in [1.82, 2.24) is 5.32 Å². The minimum absolute atomic E-state index is 0.0589. The summed E-state index contributed by atoms with van der Waals surface area (Å²) < 4.78 is 4.95. The maximum atomic E-state index is 12.3. The Balaban J connectivity index is 1.75. The lowest BCUT2D eigenvalue weighted by molar-refractivity contribution is -0.138. The number of benzene rings is 3. The standard InChI is InChI=1S/C23H22N2O4/c1-15(2)22(27)29-14-13-24-23(28)25-20-11-4-3-7-18(20)16-8-5-10-19-17(16)9-6-12-21(19)26/h3-12,26H,1,13-14H2,2H3,(H2,24,25,28). The molecule has 0 atom stereocenters. The van der Waals surface area contributed by atoms with Gasteiger partial charge in [-0.3, -0.25) is 0 Å². The molecule has 0 aliphatic rings. The van der Waals surface area contributed by atoms with Gasteiger partial charge in [0.15, 0.2) is 0 Å². The molecule has 0 aliphatic heterocycles. The molecule has 0 saturated heterocycles. The highest BCUT2D eigenvalue weighted by Gasteiger charge is 2.12. The number of phenols is 1. The third-order valence-corrected chi connectivity index (χ3v) is 4.33. The van der Waals surface area contributed by atoms with Crippen molar-refractivity contribution < 1.29 is 19.4 Å². The normalized spacial score (nSPS) is 10.4. The van der Waals surface area contributed by atoms with Crippen LogP contribution in [0.2, 0.25) is 0 Å². The van der Waals surface area contributed by atoms with Crippen molar-refractivity contribution >= 4 is 28.5 Å². The number of nitrogens with one attached hydrogen (secondary N) is 2. The van der Waals surface area contributed by atoms with E-state index >= 15 is 0 Å². The van der Waals surface area contributed by atoms with Gasteiger partial charge in [0.2, 0.25) is 0 Å². The van der Waals surface area contributed by atoms with Gasteiger partial charge in [-0.25, -0.2) is 9.59 Å². The lowest BCUT2D eigenvalue weighted by Gasteiger charge is -2.14. The van der Waals surface area contributed by atoms with Crippen molar-refractivity contribution in [2.75, 3.05) is 18.5 Å². The molecule has 0 radical (unpaired) electrons. The summed E-state index contributed by atoms with van der Waals surface area (Å²) in [5.74, 6) is -0.284. The number of urea groups is 1. The van der Waals surface area contributed by atoms with E-state index in [9.17, 15) is 14.7 Å². The molecule has 6 heteroatoms. The van der Waals surface area contributed by atoms with Gasteiger partial charge in [0, 0.05) is 16.5 Å². The van der Waals surface area contributed by atoms with Gasteiger partial charge in [-0.15, -0.1) is 0 Å². The Morgan fingerprint density at radius 2 is 1.66 bits per heavy atom. The molecule has 3 rings (SSSR count). The van der Waals surface area contributed by atoms with Crippen molar-refractivity contribution in [1.29, 1.82) is 0 Å². The second-order valence-electron chi connectivity index (χ2n) is 6.52. The SMILES string of the molecule is C=C(C)C(=O)OCCNC(=O)Nc1ccccc1-c1cccc2c(O)cccc12. The largest absolute Gasteiger partial charge is 0.507 e. The zero-order chi connectivity index (χ0) is 20.8. The smallest absolute Gasteiger partial charge is 0.333 e. The first-order valence-corrected chi connectivity index (χ1v) is 9.15. The third-order valence-electron chi connectivity index (χ3n) is 4.33. The maximum absolute atomic E-state index is 12.3. The molecule has 0 unspecified atom stereocenters. The summed E-state index contributed by atoms with van der Waals surface area (Å²) in [5, 5.41) is 17.2. The van der Waals surface area contributed by atoms with E-state index in [1.54, 1.807) is 25.1 Å². The summed E-state index contributed by atoms with van der Waals surface area (Å²) in [4.78, 5) is 23.6. The second kappa shape index (κ2) is 8.93. The number of esters is 1. The molecule has 0 bridgehead atoms. The first-order chi connectivity index (χ1) is 14.0. The molecule has 29 heavy (non-hydrogen) atoms. The molecule has 148 valence electrons. The molecular weight excluding hydrogens is 368 g/mol. The molecule has 0 aliphatic carbocycles. The Morgan fingerprint density at radius 3 is 2.45 bits per heavy atom. The number of para-hydroxylation sites is 1. The average molecular weight is 390 g/mol. The van der Waals surface area contributed by atoms with Crippen molar-refractivity contribution in [2.24, 2.45) is 0 Å². The van der Waals surface area contributed by atoms with Crippen molar-refractivity contribution in [3.05, 3.63) is 72.8 Å². The van der Waals surface area contributed by atoms with Gasteiger partial charge < -0.3 is 20.5 Å². The number of aromatic hydroxyl groups is 1. The van der Waals surface area contributed by atoms with Crippen molar-refractivity contribution in [2.45, 2.75) is 6.92 Å². The van der Waals surface area contributed by atoms with E-state index in [2.05, 4.69) is 17.2 Å². The zero-order valence-electron chi connectivity index (χ0n) is 16.1. The van der Waals surface area contributed by atoms with Crippen LogP contribution in [0.3, 0.4) is 0 Å². The number of hydrogen-bond acceptors (Lipinski definition) is 4. The van der Waals surface area contributed by atoms with Crippen LogP contribution in [-0.2, 0) is 9.53 Å². The van der Waals surface area contributed by atoms with E-state index in [0.29, 0.717) is 11.3 Å². The number of amides is 2. The number of carbonyl (C=O) groups is 2. The summed E-state index contributed by atoms with van der Waals surface area (Å²) in [6.07, 6.45) is 0. The van der Waals surface area contributed by atoms with Crippen molar-refractivity contribution in [3.63, 3.8) is 0 Å². The fraction of sp³-hybridized carbons (Fsp3) is 0.130. The Labute approximate surface area is 168 Å². The van der Waals surface area contributed by atoms with Gasteiger partial charge in [0.1, 0.15) is 12.4 Å². The highest BCUT2D eigenvalue weighted by atomic mass is 16.5. The van der Waals surface area contributed by atoms with Gasteiger partial charge in [-0.05, 0) is 30.0 Å². The molecule has 0 heterocycles. The van der Waals surface area contributed by atoms with Gasteiger partial charge in [0.25, 0.3) is 0 Å². The molecule has 6 nitrogen and oxygen atoms in total. The Bertz CT molecular complexity index is 1080. The molecule has 3 aromatic carbocycles. The summed E-state index contributed by atoms with van der Waals surface area (Å²) >= 11 is 0. The number of fused-ring (bicyclic) bond motifs is 1. The quantitative estimate of drug-likeness (QED) is 0.330. The highest BCUT2D eigenvalue weighted by Crippen LogP contribution is 2.36. The summed E-state index contributed by atoms with van der Waals surface area (Å²) in [6, 6.07) is 18.0. The van der Waals surface area contributed by atoms with Crippen molar-refractivity contribution in [3.8, 4) is 16.9 Å². The van der Waals surface area contributed by atoms with Crippen LogP contribution in [0.5, 0.6) is 5.75 Å². The first kappa shape index (κ1) is 19.9. The minimum Gasteiger partial charge on any atom is -0.507 e. The minimum atomic E-state index is -0.489. The number of anilines is 1. The van der Waals surface area contributed by atoms with Gasteiger partial charge in [-0.1, -0.05) is 55.1 Å². The fourth-order valence-electron chi connectivity index (χ4n) is 2.95. The molecule has 0 aromatic heterocycles. The van der Waals surface area contributed by atoms with Gasteiger partial charge in [-0.2, -0.15) is 0 Å². The molecule has 3 N–H and O–H groups in total. The Kier molecular flexibility index (Phi) is 6.14. The Hall–Kier alpha value is -3.80. The van der Waals surface area contributed by atoms with E-state index in [-0.39, 0.29) is 18.9 Å². The van der Waals surface area contributed by atoms with E-state index < -0.39 is 12.0 Å². The lowest BCUT2D eigenvalue weighted by Crippen LogP contribution is -2.32. The number of hydrogen-bond donors (Lipinski definition) is 3.